The van der Waals surface area contributed by atoms with Crippen LogP contribution in [0.2, 0.25) is 0 Å². The molecule has 164 valence electrons. The second-order valence-electron chi connectivity index (χ2n) is 9.22. The molecule has 1 aliphatic carbocycles. The molecule has 1 amide bonds. The maximum absolute atomic E-state index is 12.6. The summed E-state index contributed by atoms with van der Waals surface area (Å²) in [5.74, 6) is 1.83. The minimum Gasteiger partial charge on any atom is -0.491 e. The van der Waals surface area contributed by atoms with Gasteiger partial charge in [-0.05, 0) is 52.7 Å². The number of carbonyl (C=O) groups excluding carboxylic acids is 2. The van der Waals surface area contributed by atoms with Crippen molar-refractivity contribution in [1.82, 2.24) is 19.4 Å². The van der Waals surface area contributed by atoms with Crippen LogP contribution in [0.15, 0.2) is 29.7 Å². The van der Waals surface area contributed by atoms with E-state index in [1.807, 2.05) is 17.7 Å². The predicted molar refractivity (Wildman–Crippen MR) is 116 cm³/mol. The van der Waals surface area contributed by atoms with Crippen molar-refractivity contribution in [2.75, 3.05) is 26.7 Å². The van der Waals surface area contributed by atoms with Crippen LogP contribution >= 0.6 is 0 Å². The van der Waals surface area contributed by atoms with Gasteiger partial charge in [0.25, 0.3) is 0 Å². The molecule has 1 saturated carbocycles. The predicted octanol–water partition coefficient (Wildman–Crippen LogP) is 3.17. The Bertz CT molecular complexity index is 854. The van der Waals surface area contributed by atoms with Crippen LogP contribution < -0.4 is 0 Å². The topological polar surface area (TPSA) is 67.7 Å². The molecule has 7 nitrogen and oxygen atoms in total. The van der Waals surface area contributed by atoms with E-state index in [1.165, 1.54) is 12.0 Å². The zero-order valence-electron chi connectivity index (χ0n) is 18.9. The lowest BCUT2D eigenvalue weighted by molar-refractivity contribution is -0.127. The standard InChI is InChI=1S/C23H34N4O3/c1-17(28)19-14-24-21-16-26(12-13-27(19)21)22(29)10-7-11-25(5)15-20(18-8-6-9-18)30-23(2,3)4/h7,10,14H,6,8-9,11-13,15-16H2,1-5H3/b10-7+. The number of likely N-dealkylation sites (N-methyl/N-ethyl adjacent to an activating group) is 1. The Labute approximate surface area is 179 Å². The van der Waals surface area contributed by atoms with E-state index in [0.717, 1.165) is 31.0 Å². The van der Waals surface area contributed by atoms with Gasteiger partial charge in [0.05, 0.1) is 19.3 Å². The number of aromatic nitrogens is 2. The fourth-order valence-corrected chi connectivity index (χ4v) is 3.70. The Kier molecular flexibility index (Phi) is 6.81. The number of hydrogen-bond acceptors (Lipinski definition) is 5. The highest BCUT2D eigenvalue weighted by atomic mass is 16.5. The van der Waals surface area contributed by atoms with E-state index >= 15 is 0 Å². The molecule has 3 rings (SSSR count). The van der Waals surface area contributed by atoms with Crippen LogP contribution in [-0.2, 0) is 22.6 Å². The first kappa shape index (κ1) is 22.3. The van der Waals surface area contributed by atoms with Gasteiger partial charge in [0.1, 0.15) is 22.9 Å². The van der Waals surface area contributed by atoms with Gasteiger partial charge < -0.3 is 14.2 Å². The highest BCUT2D eigenvalue weighted by molar-refractivity contribution is 5.92. The van der Waals surface area contributed by atoms with Gasteiger partial charge in [-0.2, -0.15) is 0 Å². The summed E-state index contributed by atoms with van der Waals surface area (Å²) in [5.41, 5.74) is 1.83. The maximum atomic E-state index is 12.6. The maximum Gasteiger partial charge on any atom is 0.246 e. The third-order valence-electron chi connectivity index (χ3n) is 5.41. The van der Waals surface area contributed by atoms with Crippen molar-refractivity contribution < 1.29 is 14.3 Å². The van der Waals surface area contributed by atoms with Crippen LogP contribution in [0.1, 0.15) is 63.3 Å². The lowest BCUT2D eigenvalue weighted by atomic mass is 9.91. The summed E-state index contributed by atoms with van der Waals surface area (Å²) in [5, 5.41) is 0. The van der Waals surface area contributed by atoms with Gasteiger partial charge in [0.2, 0.25) is 5.91 Å². The number of hydrogen-bond donors (Lipinski definition) is 0. The van der Waals surface area contributed by atoms with Crippen molar-refractivity contribution in [3.63, 3.8) is 0 Å². The van der Waals surface area contributed by atoms with E-state index < -0.39 is 0 Å². The lowest BCUT2D eigenvalue weighted by Gasteiger charge is -2.31. The first-order chi connectivity index (χ1) is 14.1. The number of ketones is 1. The van der Waals surface area contributed by atoms with Crippen molar-refractivity contribution in [3.05, 3.63) is 41.2 Å². The number of nitrogens with zero attached hydrogens (tertiary/aromatic N) is 4. The molecule has 2 heterocycles. The average molecular weight is 415 g/mol. The Morgan fingerprint density at radius 3 is 2.60 bits per heavy atom. The Morgan fingerprint density at radius 2 is 2.00 bits per heavy atom. The van der Waals surface area contributed by atoms with Gasteiger partial charge in [-0.3, -0.25) is 14.5 Å². The quantitative estimate of drug-likeness (QED) is 0.389. The van der Waals surface area contributed by atoms with E-state index in [-0.39, 0.29) is 17.3 Å². The van der Waals surface area contributed by atoms with Gasteiger partial charge in [0, 0.05) is 32.6 Å². The van der Waals surface area contributed by atoms with E-state index in [0.29, 0.717) is 31.9 Å². The molecular weight excluding hydrogens is 380 g/mol. The zero-order chi connectivity index (χ0) is 21.9. The number of allylic oxidation sites excluding steroid dienone is 1. The molecule has 0 unspecified atom stereocenters. The number of carbonyl (C=O) groups is 2. The van der Waals surface area contributed by atoms with Gasteiger partial charge in [0.15, 0.2) is 5.78 Å². The molecule has 0 spiro atoms. The van der Waals surface area contributed by atoms with Gasteiger partial charge >= 0.3 is 0 Å². The molecule has 30 heavy (non-hydrogen) atoms. The van der Waals surface area contributed by atoms with E-state index in [4.69, 9.17) is 4.74 Å². The molecule has 0 atom stereocenters. The summed E-state index contributed by atoms with van der Waals surface area (Å²) in [7, 11) is 2.04. The fraction of sp³-hybridized carbons (Fsp3) is 0.609. The molecule has 1 aromatic heterocycles. The number of amides is 1. The highest BCUT2D eigenvalue weighted by Crippen LogP contribution is 2.31. The summed E-state index contributed by atoms with van der Waals surface area (Å²) in [6, 6.07) is 0. The van der Waals surface area contributed by atoms with E-state index in [1.54, 1.807) is 24.1 Å². The minimum absolute atomic E-state index is 0.00291. The summed E-state index contributed by atoms with van der Waals surface area (Å²) in [4.78, 5) is 32.5. The molecule has 0 radical (unpaired) electrons. The van der Waals surface area contributed by atoms with Gasteiger partial charge in [-0.25, -0.2) is 4.98 Å². The van der Waals surface area contributed by atoms with Crippen molar-refractivity contribution in [3.8, 4) is 0 Å². The molecule has 1 aliphatic heterocycles. The number of fused-ring (bicyclic) bond motifs is 1. The van der Waals surface area contributed by atoms with Crippen molar-refractivity contribution in [2.45, 2.75) is 65.6 Å². The Balaban J connectivity index is 1.52. The van der Waals surface area contributed by atoms with Crippen molar-refractivity contribution in [2.24, 2.45) is 0 Å². The Morgan fingerprint density at radius 1 is 1.27 bits per heavy atom. The third-order valence-corrected chi connectivity index (χ3v) is 5.41. The highest BCUT2D eigenvalue weighted by Gasteiger charge is 2.24. The summed E-state index contributed by atoms with van der Waals surface area (Å²) < 4.78 is 8.10. The van der Waals surface area contributed by atoms with Gasteiger partial charge in [-0.1, -0.05) is 6.08 Å². The molecule has 2 aliphatic rings. The molecule has 7 heteroatoms. The second kappa shape index (κ2) is 9.16. The van der Waals surface area contributed by atoms with Crippen LogP contribution in [0.4, 0.5) is 0 Å². The first-order valence-corrected chi connectivity index (χ1v) is 10.7. The second-order valence-corrected chi connectivity index (χ2v) is 9.22. The average Bonchev–Trinajstić information content (AvgIpc) is 3.01. The summed E-state index contributed by atoms with van der Waals surface area (Å²) >= 11 is 0. The summed E-state index contributed by atoms with van der Waals surface area (Å²) in [6.07, 6.45) is 8.65. The third kappa shape index (κ3) is 5.59. The van der Waals surface area contributed by atoms with Crippen molar-refractivity contribution in [1.29, 1.82) is 0 Å². The largest absolute Gasteiger partial charge is 0.491 e. The van der Waals surface area contributed by atoms with Gasteiger partial charge in [-0.15, -0.1) is 0 Å². The molecule has 1 aromatic rings. The normalized spacial score (nSPS) is 16.6. The number of ether oxygens (including phenoxy) is 1. The first-order valence-electron chi connectivity index (χ1n) is 10.7. The SMILES string of the molecule is CC(=O)c1cnc2n1CCN(C(=O)/C=C/CN(C)CC(OC(C)(C)C)=C1CCC1)C2. The molecule has 1 fully saturated rings. The fourth-order valence-electron chi connectivity index (χ4n) is 3.70. The Hall–Kier alpha value is -2.41. The van der Waals surface area contributed by atoms with Crippen LogP contribution in [-0.4, -0.2) is 63.3 Å². The number of rotatable bonds is 7. The minimum atomic E-state index is -0.202. The van der Waals surface area contributed by atoms with Crippen LogP contribution in [0.3, 0.4) is 0 Å². The zero-order valence-corrected chi connectivity index (χ0v) is 18.9. The van der Waals surface area contributed by atoms with Crippen LogP contribution in [0.25, 0.3) is 0 Å². The van der Waals surface area contributed by atoms with Crippen LogP contribution in [0.5, 0.6) is 0 Å². The number of Topliss-reactive ketones (excluding diaryl/α,β-unsaturated/α-hetero) is 1. The molecule has 0 saturated heterocycles. The molecule has 0 bridgehead atoms. The van der Waals surface area contributed by atoms with Crippen molar-refractivity contribution >= 4 is 11.7 Å². The van der Waals surface area contributed by atoms with E-state index in [9.17, 15) is 9.59 Å². The lowest BCUT2D eigenvalue weighted by Crippen LogP contribution is -2.38. The number of imidazole rings is 1. The monoisotopic (exact) mass is 414 g/mol. The molecule has 0 aromatic carbocycles. The molecule has 0 N–H and O–H groups in total. The smallest absolute Gasteiger partial charge is 0.246 e. The van der Waals surface area contributed by atoms with Crippen LogP contribution in [0, 0.1) is 0 Å². The van der Waals surface area contributed by atoms with E-state index in [2.05, 4.69) is 30.7 Å². The molecular formula is C23H34N4O3. The summed E-state index contributed by atoms with van der Waals surface area (Å²) in [6.45, 7) is 10.8.